The van der Waals surface area contributed by atoms with Crippen LogP contribution in [0.1, 0.15) is 6.42 Å². The number of aliphatic carboxylic acids is 1. The van der Waals surface area contributed by atoms with Crippen LogP contribution >= 0.6 is 15.9 Å². The molecule has 128 valence electrons. The average Bonchev–Trinajstić information content (AvgIpc) is 3.08. The van der Waals surface area contributed by atoms with Gasteiger partial charge in [-0.05, 0) is 52.4 Å². The highest BCUT2D eigenvalue weighted by molar-refractivity contribution is 9.10. The molecule has 0 spiro atoms. The molecule has 0 radical (unpaired) electrons. The van der Waals surface area contributed by atoms with Crippen LogP contribution in [0.2, 0.25) is 0 Å². The highest BCUT2D eigenvalue weighted by Crippen LogP contribution is 2.48. The van der Waals surface area contributed by atoms with Crippen LogP contribution in [0.5, 0.6) is 0 Å². The zero-order valence-corrected chi connectivity index (χ0v) is 14.7. The first-order valence-corrected chi connectivity index (χ1v) is 9.57. The molecule has 7 nitrogen and oxygen atoms in total. The summed E-state index contributed by atoms with van der Waals surface area (Å²) in [5.74, 6) is -2.93. The molecule has 24 heavy (non-hydrogen) atoms. The molecule has 2 aliphatic rings. The molecule has 9 heteroatoms. The summed E-state index contributed by atoms with van der Waals surface area (Å²) in [6.45, 7) is 0. The number of sulfonamides is 1. The molecule has 0 aliphatic heterocycles. The number of anilines is 1. The molecule has 1 amide bonds. The predicted octanol–water partition coefficient (Wildman–Crippen LogP) is 1.56. The summed E-state index contributed by atoms with van der Waals surface area (Å²) >= 11 is 3.20. The largest absolute Gasteiger partial charge is 0.481 e. The van der Waals surface area contributed by atoms with E-state index < -0.39 is 27.8 Å². The van der Waals surface area contributed by atoms with Gasteiger partial charge < -0.3 is 10.4 Å². The van der Waals surface area contributed by atoms with E-state index in [1.165, 1.54) is 18.2 Å². The van der Waals surface area contributed by atoms with Crippen LogP contribution in [0.25, 0.3) is 0 Å². The molecule has 0 aromatic heterocycles. The number of nitrogens with two attached hydrogens (primary N) is 1. The van der Waals surface area contributed by atoms with Crippen LogP contribution in [0.15, 0.2) is 39.7 Å². The smallest absolute Gasteiger partial charge is 0.307 e. The fourth-order valence-electron chi connectivity index (χ4n) is 3.51. The van der Waals surface area contributed by atoms with Gasteiger partial charge in [0.15, 0.2) is 0 Å². The lowest BCUT2D eigenvalue weighted by molar-refractivity contribution is -0.146. The van der Waals surface area contributed by atoms with Crippen LogP contribution in [0, 0.1) is 23.7 Å². The highest BCUT2D eigenvalue weighted by atomic mass is 79.9. The Balaban J connectivity index is 1.83. The number of allylic oxidation sites excluding steroid dienone is 2. The van der Waals surface area contributed by atoms with Gasteiger partial charge in [-0.3, -0.25) is 9.59 Å². The summed E-state index contributed by atoms with van der Waals surface area (Å²) < 4.78 is 23.0. The lowest BCUT2D eigenvalue weighted by Crippen LogP contribution is -2.36. The number of carboxylic acid groups (broad SMARTS) is 1. The van der Waals surface area contributed by atoms with Gasteiger partial charge in [0.2, 0.25) is 15.9 Å². The summed E-state index contributed by atoms with van der Waals surface area (Å²) in [5, 5.41) is 17.1. The Morgan fingerprint density at radius 2 is 1.83 bits per heavy atom. The molecule has 0 unspecified atom stereocenters. The number of carbonyl (C=O) groups excluding carboxylic acids is 1. The first-order chi connectivity index (χ1) is 11.2. The van der Waals surface area contributed by atoms with Crippen LogP contribution in [0.3, 0.4) is 0 Å². The van der Waals surface area contributed by atoms with E-state index >= 15 is 0 Å². The third kappa shape index (κ3) is 2.99. The standard InChI is InChI=1S/C15H15BrN2O5S/c16-10-6-9(24(17,22)23)3-4-11(10)18-14(19)12-7-1-2-8(5-7)13(12)15(20)21/h1-4,6-8,12-13H,5H2,(H,18,19)(H,20,21)(H2,17,22,23)/t7-,8+,12-,13+/m1/s1. The van der Waals surface area contributed by atoms with Gasteiger partial charge >= 0.3 is 5.97 Å². The molecular weight excluding hydrogens is 400 g/mol. The minimum Gasteiger partial charge on any atom is -0.481 e. The minimum absolute atomic E-state index is 0.0846. The van der Waals surface area contributed by atoms with Crippen molar-refractivity contribution in [2.24, 2.45) is 28.8 Å². The number of primary sulfonamides is 1. The normalized spacial score (nSPS) is 28.1. The number of rotatable bonds is 4. The number of carbonyl (C=O) groups is 2. The van der Waals surface area contributed by atoms with Gasteiger partial charge in [0.25, 0.3) is 0 Å². The van der Waals surface area contributed by atoms with Gasteiger partial charge in [-0.25, -0.2) is 13.6 Å². The van der Waals surface area contributed by atoms with Crippen molar-refractivity contribution in [2.75, 3.05) is 5.32 Å². The number of hydrogen-bond donors (Lipinski definition) is 3. The summed E-state index contributed by atoms with van der Waals surface area (Å²) in [4.78, 5) is 24.0. The van der Waals surface area contributed by atoms with Gasteiger partial charge in [-0.2, -0.15) is 0 Å². The van der Waals surface area contributed by atoms with Crippen LogP contribution < -0.4 is 10.5 Å². The van der Waals surface area contributed by atoms with E-state index in [0.29, 0.717) is 16.6 Å². The van der Waals surface area contributed by atoms with Gasteiger partial charge in [-0.1, -0.05) is 12.2 Å². The Labute approximate surface area is 147 Å². The summed E-state index contributed by atoms with van der Waals surface area (Å²) in [5.41, 5.74) is 0.364. The Bertz CT molecular complexity index is 851. The number of nitrogens with one attached hydrogen (secondary N) is 1. The second-order valence-electron chi connectivity index (χ2n) is 6.01. The van der Waals surface area contributed by atoms with E-state index in [1.54, 1.807) is 0 Å². The Kier molecular flexibility index (Phi) is 4.27. The fourth-order valence-corrected chi connectivity index (χ4v) is 4.68. The van der Waals surface area contributed by atoms with Gasteiger partial charge in [-0.15, -0.1) is 0 Å². The number of amides is 1. The van der Waals surface area contributed by atoms with E-state index in [2.05, 4.69) is 21.2 Å². The predicted molar refractivity (Wildman–Crippen MR) is 89.5 cm³/mol. The monoisotopic (exact) mass is 414 g/mol. The topological polar surface area (TPSA) is 127 Å². The highest BCUT2D eigenvalue weighted by Gasteiger charge is 2.51. The molecule has 0 heterocycles. The van der Waals surface area contributed by atoms with Crippen LogP contribution in [0.4, 0.5) is 5.69 Å². The quantitative estimate of drug-likeness (QED) is 0.644. The number of halogens is 1. The maximum atomic E-state index is 12.6. The van der Waals surface area contributed by atoms with Crippen molar-refractivity contribution in [1.29, 1.82) is 0 Å². The minimum atomic E-state index is -3.84. The maximum Gasteiger partial charge on any atom is 0.307 e. The molecular formula is C15H15BrN2O5S. The zero-order valence-electron chi connectivity index (χ0n) is 12.3. The van der Waals surface area contributed by atoms with E-state index in [1.807, 2.05) is 12.2 Å². The van der Waals surface area contributed by atoms with Crippen molar-refractivity contribution in [2.45, 2.75) is 11.3 Å². The third-order valence-corrected chi connectivity index (χ3v) is 6.14. The molecule has 4 atom stereocenters. The van der Waals surface area contributed by atoms with E-state index in [-0.39, 0.29) is 22.6 Å². The molecule has 2 bridgehead atoms. The molecule has 1 saturated carbocycles. The zero-order chi connectivity index (χ0) is 17.6. The second-order valence-corrected chi connectivity index (χ2v) is 8.43. The summed E-state index contributed by atoms with van der Waals surface area (Å²) in [6.07, 6.45) is 4.43. The average molecular weight is 415 g/mol. The number of carboxylic acids is 1. The van der Waals surface area contributed by atoms with Crippen molar-refractivity contribution in [3.63, 3.8) is 0 Å². The van der Waals surface area contributed by atoms with Gasteiger partial charge in [0, 0.05) is 4.47 Å². The lowest BCUT2D eigenvalue weighted by Gasteiger charge is -2.24. The molecule has 1 aromatic rings. The Morgan fingerprint density at radius 1 is 1.21 bits per heavy atom. The Hall–Kier alpha value is -1.71. The van der Waals surface area contributed by atoms with Crippen molar-refractivity contribution in [3.05, 3.63) is 34.8 Å². The number of benzene rings is 1. The van der Waals surface area contributed by atoms with Gasteiger partial charge in [0.05, 0.1) is 22.4 Å². The SMILES string of the molecule is NS(=O)(=O)c1ccc(NC(=O)[C@H]2[C@@H](C(=O)O)[C@H]3C=C[C@@H]2C3)c(Br)c1. The van der Waals surface area contributed by atoms with E-state index in [4.69, 9.17) is 5.14 Å². The number of hydrogen-bond acceptors (Lipinski definition) is 4. The van der Waals surface area contributed by atoms with Gasteiger partial charge in [0.1, 0.15) is 0 Å². The Morgan fingerprint density at radius 3 is 2.38 bits per heavy atom. The first kappa shape index (κ1) is 17.1. The van der Waals surface area contributed by atoms with Crippen molar-refractivity contribution in [1.82, 2.24) is 0 Å². The molecule has 1 aromatic carbocycles. The first-order valence-electron chi connectivity index (χ1n) is 7.23. The van der Waals surface area contributed by atoms with E-state index in [9.17, 15) is 23.1 Å². The number of fused-ring (bicyclic) bond motifs is 2. The van der Waals surface area contributed by atoms with Crippen molar-refractivity contribution < 1.29 is 23.1 Å². The molecule has 4 N–H and O–H groups in total. The third-order valence-electron chi connectivity index (χ3n) is 4.57. The molecule has 1 fully saturated rings. The summed E-state index contributed by atoms with van der Waals surface area (Å²) in [7, 11) is -3.84. The van der Waals surface area contributed by atoms with Crippen LogP contribution in [-0.4, -0.2) is 25.4 Å². The molecule has 3 rings (SSSR count). The summed E-state index contributed by atoms with van der Waals surface area (Å²) in [6, 6.07) is 3.99. The molecule has 0 saturated heterocycles. The lowest BCUT2D eigenvalue weighted by atomic mass is 9.82. The molecule has 2 aliphatic carbocycles. The fraction of sp³-hybridized carbons (Fsp3) is 0.333. The van der Waals surface area contributed by atoms with Crippen molar-refractivity contribution >= 4 is 43.5 Å². The second kappa shape index (κ2) is 5.98. The maximum absolute atomic E-state index is 12.6. The van der Waals surface area contributed by atoms with Crippen LogP contribution in [-0.2, 0) is 19.6 Å². The van der Waals surface area contributed by atoms with E-state index in [0.717, 1.165) is 0 Å². The van der Waals surface area contributed by atoms with Crippen molar-refractivity contribution in [3.8, 4) is 0 Å².